The second-order valence-electron chi connectivity index (χ2n) is 9.20. The van der Waals surface area contributed by atoms with Gasteiger partial charge in [-0.3, -0.25) is 9.59 Å². The van der Waals surface area contributed by atoms with Crippen molar-refractivity contribution in [1.82, 2.24) is 4.90 Å². The Bertz CT molecular complexity index is 1430. The van der Waals surface area contributed by atoms with E-state index in [0.29, 0.717) is 22.8 Å². The van der Waals surface area contributed by atoms with Crippen molar-refractivity contribution < 1.29 is 33.6 Å². The minimum atomic E-state index is -0.916. The van der Waals surface area contributed by atoms with Gasteiger partial charge in [-0.2, -0.15) is 0 Å². The standard InChI is InChI=1S/C30H30ClNO7/c1-17(2)39-21-11-6-8-18(12-21)16-32-27(19-9-7-10-20(13-19)36-3)26(29(34)30(32)35)28(33)22-14-23(31)25(38-5)15-24(22)37-4/h6-15,17,27,33H,16H2,1-5H3/b28-26+. The van der Waals surface area contributed by atoms with Gasteiger partial charge in [-0.25, -0.2) is 0 Å². The van der Waals surface area contributed by atoms with Crippen LogP contribution in [0.1, 0.15) is 36.6 Å². The third-order valence-electron chi connectivity index (χ3n) is 6.30. The zero-order valence-electron chi connectivity index (χ0n) is 22.4. The Hall–Kier alpha value is -4.17. The zero-order valence-corrected chi connectivity index (χ0v) is 23.1. The molecule has 1 heterocycles. The minimum absolute atomic E-state index is 0.0300. The lowest BCUT2D eigenvalue weighted by atomic mass is 9.94. The summed E-state index contributed by atoms with van der Waals surface area (Å²) in [6.45, 7) is 3.94. The summed E-state index contributed by atoms with van der Waals surface area (Å²) in [5.74, 6) is -0.254. The van der Waals surface area contributed by atoms with Crippen molar-refractivity contribution in [2.24, 2.45) is 0 Å². The number of halogens is 1. The van der Waals surface area contributed by atoms with Crippen molar-refractivity contribution in [3.8, 4) is 23.0 Å². The van der Waals surface area contributed by atoms with E-state index >= 15 is 0 Å². The van der Waals surface area contributed by atoms with Crippen LogP contribution in [0.15, 0.2) is 66.2 Å². The maximum atomic E-state index is 13.5. The highest BCUT2D eigenvalue weighted by Crippen LogP contribution is 2.44. The predicted molar refractivity (Wildman–Crippen MR) is 148 cm³/mol. The van der Waals surface area contributed by atoms with Crippen LogP contribution in [0, 0.1) is 0 Å². The summed E-state index contributed by atoms with van der Waals surface area (Å²) in [4.78, 5) is 28.4. The Morgan fingerprint density at radius 2 is 1.62 bits per heavy atom. The van der Waals surface area contributed by atoms with Crippen molar-refractivity contribution in [1.29, 1.82) is 0 Å². The molecule has 1 amide bonds. The molecule has 1 aliphatic rings. The topological polar surface area (TPSA) is 94.5 Å². The average molecular weight is 552 g/mol. The normalized spacial score (nSPS) is 16.5. The van der Waals surface area contributed by atoms with E-state index < -0.39 is 23.5 Å². The number of benzene rings is 3. The van der Waals surface area contributed by atoms with Crippen LogP contribution in [0.4, 0.5) is 0 Å². The van der Waals surface area contributed by atoms with E-state index in [0.717, 1.165) is 5.56 Å². The van der Waals surface area contributed by atoms with E-state index in [1.165, 1.54) is 38.4 Å². The van der Waals surface area contributed by atoms with Gasteiger partial charge in [0, 0.05) is 12.6 Å². The SMILES string of the molecule is COc1cccc(C2/C(=C(\O)c3cc(Cl)c(OC)cc3OC)C(=O)C(=O)N2Cc2cccc(OC(C)C)c2)c1. The maximum Gasteiger partial charge on any atom is 0.295 e. The molecule has 3 aromatic rings. The second kappa shape index (κ2) is 11.7. The van der Waals surface area contributed by atoms with E-state index in [-0.39, 0.29) is 34.6 Å². The first-order valence-corrected chi connectivity index (χ1v) is 12.7. The summed E-state index contributed by atoms with van der Waals surface area (Å²) in [5, 5.41) is 11.7. The summed E-state index contributed by atoms with van der Waals surface area (Å²) >= 11 is 6.35. The molecular weight excluding hydrogens is 522 g/mol. The van der Waals surface area contributed by atoms with Gasteiger partial charge >= 0.3 is 0 Å². The van der Waals surface area contributed by atoms with Gasteiger partial charge in [0.25, 0.3) is 11.7 Å². The van der Waals surface area contributed by atoms with Crippen LogP contribution in [-0.4, -0.2) is 49.1 Å². The van der Waals surface area contributed by atoms with Crippen molar-refractivity contribution in [2.45, 2.75) is 32.5 Å². The molecule has 0 bridgehead atoms. The quantitative estimate of drug-likeness (QED) is 0.205. The number of carbonyl (C=O) groups excluding carboxylic acids is 2. The molecule has 204 valence electrons. The fraction of sp³-hybridized carbons (Fsp3) is 0.267. The first-order valence-electron chi connectivity index (χ1n) is 12.3. The molecule has 0 radical (unpaired) electrons. The molecule has 1 N–H and O–H groups in total. The van der Waals surface area contributed by atoms with E-state index in [1.54, 1.807) is 24.3 Å². The summed E-state index contributed by atoms with van der Waals surface area (Å²) in [6.07, 6.45) is -0.0300. The van der Waals surface area contributed by atoms with Gasteiger partial charge in [-0.05, 0) is 55.3 Å². The molecule has 1 saturated heterocycles. The first kappa shape index (κ1) is 27.9. The number of amides is 1. The number of ketones is 1. The number of ether oxygens (including phenoxy) is 4. The number of hydrogen-bond acceptors (Lipinski definition) is 7. The third-order valence-corrected chi connectivity index (χ3v) is 6.60. The highest BCUT2D eigenvalue weighted by atomic mass is 35.5. The molecule has 8 nitrogen and oxygen atoms in total. The fourth-order valence-electron chi connectivity index (χ4n) is 4.58. The van der Waals surface area contributed by atoms with Crippen molar-refractivity contribution in [3.05, 3.63) is 87.9 Å². The highest BCUT2D eigenvalue weighted by Gasteiger charge is 2.46. The number of carbonyl (C=O) groups is 2. The van der Waals surface area contributed by atoms with E-state index in [2.05, 4.69) is 0 Å². The number of aliphatic hydroxyl groups excluding tert-OH is 1. The summed E-state index contributed by atoms with van der Waals surface area (Å²) in [7, 11) is 4.40. The smallest absolute Gasteiger partial charge is 0.295 e. The Kier molecular flexibility index (Phi) is 8.35. The molecule has 1 unspecified atom stereocenters. The number of methoxy groups -OCH3 is 3. The van der Waals surface area contributed by atoms with E-state index in [4.69, 9.17) is 30.5 Å². The number of rotatable bonds is 9. The Balaban J connectivity index is 1.88. The van der Waals surface area contributed by atoms with Crippen LogP contribution in [0.3, 0.4) is 0 Å². The van der Waals surface area contributed by atoms with Gasteiger partial charge < -0.3 is 29.0 Å². The molecule has 0 aromatic heterocycles. The average Bonchev–Trinajstić information content (AvgIpc) is 3.17. The highest BCUT2D eigenvalue weighted by molar-refractivity contribution is 6.46. The molecule has 0 saturated carbocycles. The van der Waals surface area contributed by atoms with Gasteiger partial charge in [0.1, 0.15) is 28.8 Å². The van der Waals surface area contributed by atoms with Crippen LogP contribution in [0.5, 0.6) is 23.0 Å². The van der Waals surface area contributed by atoms with Gasteiger partial charge in [0.15, 0.2) is 0 Å². The second-order valence-corrected chi connectivity index (χ2v) is 9.61. The van der Waals surface area contributed by atoms with E-state index in [9.17, 15) is 14.7 Å². The van der Waals surface area contributed by atoms with E-state index in [1.807, 2.05) is 38.1 Å². The number of nitrogens with zero attached hydrogens (tertiary/aromatic N) is 1. The lowest BCUT2D eigenvalue weighted by molar-refractivity contribution is -0.140. The van der Waals surface area contributed by atoms with Gasteiger partial charge in [0.2, 0.25) is 0 Å². The summed E-state index contributed by atoms with van der Waals surface area (Å²) in [5.41, 5.74) is 1.40. The number of Topliss-reactive ketones (excluding diaryl/α,β-unsaturated/α-hetero) is 1. The van der Waals surface area contributed by atoms with Crippen molar-refractivity contribution in [3.63, 3.8) is 0 Å². The number of aliphatic hydroxyl groups is 1. The summed E-state index contributed by atoms with van der Waals surface area (Å²) < 4.78 is 21.9. The van der Waals surface area contributed by atoms with Crippen LogP contribution in [0.2, 0.25) is 5.02 Å². The molecule has 4 rings (SSSR count). The van der Waals surface area contributed by atoms with Gasteiger partial charge in [-0.1, -0.05) is 35.9 Å². The number of likely N-dealkylation sites (tertiary alicyclic amines) is 1. The molecule has 9 heteroatoms. The van der Waals surface area contributed by atoms with Crippen LogP contribution in [-0.2, 0) is 16.1 Å². The maximum absolute atomic E-state index is 13.5. The molecule has 1 atom stereocenters. The molecule has 0 aliphatic carbocycles. The summed E-state index contributed by atoms with van der Waals surface area (Å²) in [6, 6.07) is 16.4. The molecule has 1 aliphatic heterocycles. The van der Waals surface area contributed by atoms with Crippen LogP contribution < -0.4 is 18.9 Å². The zero-order chi connectivity index (χ0) is 28.3. The van der Waals surface area contributed by atoms with Crippen molar-refractivity contribution in [2.75, 3.05) is 21.3 Å². The first-order chi connectivity index (χ1) is 18.7. The molecular formula is C30H30ClNO7. The monoisotopic (exact) mass is 551 g/mol. The Morgan fingerprint density at radius 1 is 0.923 bits per heavy atom. The number of hydrogen-bond donors (Lipinski definition) is 1. The predicted octanol–water partition coefficient (Wildman–Crippen LogP) is 5.77. The fourth-order valence-corrected chi connectivity index (χ4v) is 4.82. The molecule has 1 fully saturated rings. The molecule has 0 spiro atoms. The third kappa shape index (κ3) is 5.66. The molecule has 39 heavy (non-hydrogen) atoms. The van der Waals surface area contributed by atoms with Crippen LogP contribution in [0.25, 0.3) is 5.76 Å². The largest absolute Gasteiger partial charge is 0.507 e. The van der Waals surface area contributed by atoms with Gasteiger partial charge in [0.05, 0.1) is 49.6 Å². The lowest BCUT2D eigenvalue weighted by Gasteiger charge is -2.26. The molecule has 3 aromatic carbocycles. The van der Waals surface area contributed by atoms with Crippen LogP contribution >= 0.6 is 11.6 Å². The minimum Gasteiger partial charge on any atom is -0.507 e. The lowest BCUT2D eigenvalue weighted by Crippen LogP contribution is -2.29. The van der Waals surface area contributed by atoms with Gasteiger partial charge in [-0.15, -0.1) is 0 Å². The Labute approximate surface area is 232 Å². The Morgan fingerprint density at radius 3 is 2.28 bits per heavy atom. The van der Waals surface area contributed by atoms with Crippen molar-refractivity contribution >= 4 is 29.1 Å².